The van der Waals surface area contributed by atoms with E-state index in [4.69, 9.17) is 0 Å². The lowest BCUT2D eigenvalue weighted by Gasteiger charge is -2.24. The van der Waals surface area contributed by atoms with Gasteiger partial charge in [0.2, 0.25) is 0 Å². The van der Waals surface area contributed by atoms with E-state index in [2.05, 4.69) is 20.9 Å². The maximum atomic E-state index is 12.2. The van der Waals surface area contributed by atoms with Gasteiger partial charge in [-0.15, -0.1) is 5.11 Å². The van der Waals surface area contributed by atoms with Crippen molar-refractivity contribution >= 4 is 17.5 Å². The Hall–Kier alpha value is -2.54. The molecule has 3 N–H and O–H groups in total. The van der Waals surface area contributed by atoms with Crippen LogP contribution in [-0.4, -0.2) is 30.0 Å². The number of piperidine rings is 1. The van der Waals surface area contributed by atoms with Crippen molar-refractivity contribution in [1.82, 2.24) is 5.32 Å². The van der Waals surface area contributed by atoms with Gasteiger partial charge in [-0.3, -0.25) is 4.79 Å². The van der Waals surface area contributed by atoms with Crippen LogP contribution in [0.4, 0.5) is 10.5 Å². The lowest BCUT2D eigenvalue weighted by molar-refractivity contribution is -0.119. The number of hydrogen-bond acceptors (Lipinski definition) is 5. The van der Waals surface area contributed by atoms with Crippen LogP contribution in [0.25, 0.3) is 0 Å². The summed E-state index contributed by atoms with van der Waals surface area (Å²) in [5.74, 6) is -0.821. The summed E-state index contributed by atoms with van der Waals surface area (Å²) in [6.07, 6.45) is 0.656. The van der Waals surface area contributed by atoms with E-state index >= 15 is 0 Å². The zero-order valence-corrected chi connectivity index (χ0v) is 11.8. The number of hydrogen-bond donors (Lipinski definition) is 3. The number of amides is 2. The third kappa shape index (κ3) is 2.75. The fourth-order valence-electron chi connectivity index (χ4n) is 2.80. The smallest absolute Gasteiger partial charge is 0.364 e. The van der Waals surface area contributed by atoms with Gasteiger partial charge in [0.15, 0.2) is 11.5 Å². The van der Waals surface area contributed by atoms with E-state index in [1.807, 2.05) is 6.07 Å². The standard InChI is InChI=1S/C15H16N4O3/c20-13-10-6-7-16-8-11(10)14(21)12(13)18-19-15(22)17-9-4-2-1-3-5-9/h1-5,10-11,16,21H,6-8H2,(H,17,22). The highest BCUT2D eigenvalue weighted by molar-refractivity contribution is 6.00. The highest BCUT2D eigenvalue weighted by Gasteiger charge is 2.43. The van der Waals surface area contributed by atoms with Crippen molar-refractivity contribution in [3.8, 4) is 0 Å². The number of nitrogens with one attached hydrogen (secondary N) is 2. The van der Waals surface area contributed by atoms with Gasteiger partial charge >= 0.3 is 6.03 Å². The Morgan fingerprint density at radius 1 is 1.27 bits per heavy atom. The summed E-state index contributed by atoms with van der Waals surface area (Å²) in [7, 11) is 0. The van der Waals surface area contributed by atoms with Crippen LogP contribution in [0.1, 0.15) is 6.42 Å². The second-order valence-corrected chi connectivity index (χ2v) is 5.30. The second-order valence-electron chi connectivity index (χ2n) is 5.30. The van der Waals surface area contributed by atoms with Gasteiger partial charge in [0.1, 0.15) is 5.76 Å². The van der Waals surface area contributed by atoms with Crippen LogP contribution >= 0.6 is 0 Å². The van der Waals surface area contributed by atoms with Crippen molar-refractivity contribution in [3.05, 3.63) is 41.8 Å². The minimum absolute atomic E-state index is 0.0709. The van der Waals surface area contributed by atoms with E-state index < -0.39 is 6.03 Å². The van der Waals surface area contributed by atoms with Gasteiger partial charge in [-0.1, -0.05) is 23.3 Å². The molecule has 3 rings (SSSR count). The number of carbonyl (C=O) groups excluding carboxylic acids is 2. The van der Waals surface area contributed by atoms with Gasteiger partial charge in [-0.05, 0) is 25.1 Å². The van der Waals surface area contributed by atoms with Gasteiger partial charge in [0, 0.05) is 24.1 Å². The third-order valence-electron chi connectivity index (χ3n) is 3.91. The molecule has 2 atom stereocenters. The predicted molar refractivity (Wildman–Crippen MR) is 79.4 cm³/mol. The summed E-state index contributed by atoms with van der Waals surface area (Å²) in [6.45, 7) is 1.27. The molecule has 1 aromatic rings. The number of carbonyl (C=O) groups is 2. The molecule has 22 heavy (non-hydrogen) atoms. The van der Waals surface area contributed by atoms with Crippen LogP contribution in [0.15, 0.2) is 52.0 Å². The quantitative estimate of drug-likeness (QED) is 0.729. The summed E-state index contributed by atoms with van der Waals surface area (Å²) in [5.41, 5.74) is 0.488. The Labute approximate surface area is 127 Å². The Kier molecular flexibility index (Phi) is 3.97. The number of Topliss-reactive ketones (excluding diaryl/α,β-unsaturated/α-hetero) is 1. The number of urea groups is 1. The zero-order valence-electron chi connectivity index (χ0n) is 11.8. The molecular formula is C15H16N4O3. The summed E-state index contributed by atoms with van der Waals surface area (Å²) < 4.78 is 0. The Balaban J connectivity index is 1.70. The molecule has 2 amide bonds. The first kappa shape index (κ1) is 14.4. The number of anilines is 1. The molecule has 1 saturated heterocycles. The molecule has 0 radical (unpaired) electrons. The fraction of sp³-hybridized carbons (Fsp3) is 0.333. The first-order chi connectivity index (χ1) is 10.7. The van der Waals surface area contributed by atoms with Crippen molar-refractivity contribution in [1.29, 1.82) is 0 Å². The highest BCUT2D eigenvalue weighted by Crippen LogP contribution is 2.36. The molecule has 0 bridgehead atoms. The number of fused-ring (bicyclic) bond motifs is 1. The molecule has 1 aromatic carbocycles. The molecule has 0 saturated carbocycles. The molecule has 0 spiro atoms. The number of allylic oxidation sites excluding steroid dienone is 1. The summed E-state index contributed by atoms with van der Waals surface area (Å²) in [5, 5.41) is 22.9. The van der Waals surface area contributed by atoms with Crippen molar-refractivity contribution in [2.45, 2.75) is 6.42 Å². The average Bonchev–Trinajstić information content (AvgIpc) is 2.78. The maximum absolute atomic E-state index is 12.2. The number of para-hydroxylation sites is 1. The van der Waals surface area contributed by atoms with E-state index in [0.717, 1.165) is 6.54 Å². The maximum Gasteiger partial charge on any atom is 0.364 e. The zero-order chi connectivity index (χ0) is 15.5. The number of aliphatic hydroxyl groups is 1. The Morgan fingerprint density at radius 3 is 2.77 bits per heavy atom. The summed E-state index contributed by atoms with van der Waals surface area (Å²) >= 11 is 0. The van der Waals surface area contributed by atoms with Crippen molar-refractivity contribution < 1.29 is 14.7 Å². The lowest BCUT2D eigenvalue weighted by atomic mass is 9.88. The average molecular weight is 300 g/mol. The molecule has 2 unspecified atom stereocenters. The SMILES string of the molecule is O=C(N=NC1=C(O)C2CNCCC2C1=O)Nc1ccccc1. The van der Waals surface area contributed by atoms with Crippen LogP contribution in [-0.2, 0) is 4.79 Å². The van der Waals surface area contributed by atoms with Crippen molar-refractivity contribution in [2.24, 2.45) is 22.1 Å². The number of rotatable bonds is 2. The van der Waals surface area contributed by atoms with Gasteiger partial charge < -0.3 is 15.7 Å². The number of ketones is 1. The first-order valence-electron chi connectivity index (χ1n) is 7.12. The minimum atomic E-state index is -0.688. The van der Waals surface area contributed by atoms with Crippen molar-refractivity contribution in [3.63, 3.8) is 0 Å². The molecular weight excluding hydrogens is 284 g/mol. The molecule has 7 nitrogen and oxygen atoms in total. The Bertz CT molecular complexity index is 654. The lowest BCUT2D eigenvalue weighted by Crippen LogP contribution is -2.37. The fourth-order valence-corrected chi connectivity index (χ4v) is 2.80. The largest absolute Gasteiger partial charge is 0.509 e. The predicted octanol–water partition coefficient (Wildman–Crippen LogP) is 2.25. The topological polar surface area (TPSA) is 103 Å². The number of azo groups is 1. The number of nitrogens with zero attached hydrogens (tertiary/aromatic N) is 2. The monoisotopic (exact) mass is 300 g/mol. The second kappa shape index (κ2) is 6.07. The number of aliphatic hydroxyl groups excluding tert-OH is 1. The first-order valence-corrected chi connectivity index (χ1v) is 7.12. The van der Waals surface area contributed by atoms with Gasteiger partial charge in [-0.25, -0.2) is 4.79 Å². The van der Waals surface area contributed by atoms with Crippen molar-refractivity contribution in [2.75, 3.05) is 18.4 Å². The third-order valence-corrected chi connectivity index (χ3v) is 3.91. The van der Waals surface area contributed by atoms with Gasteiger partial charge in [0.05, 0.1) is 0 Å². The molecule has 1 heterocycles. The minimum Gasteiger partial charge on any atom is -0.509 e. The van der Waals surface area contributed by atoms with E-state index in [-0.39, 0.29) is 29.1 Å². The molecule has 1 fully saturated rings. The normalized spacial score (nSPS) is 24.6. The highest BCUT2D eigenvalue weighted by atomic mass is 16.3. The van der Waals surface area contributed by atoms with E-state index in [0.29, 0.717) is 18.7 Å². The molecule has 1 aliphatic heterocycles. The van der Waals surface area contributed by atoms with Crippen LogP contribution in [0, 0.1) is 11.8 Å². The van der Waals surface area contributed by atoms with Gasteiger partial charge in [0.25, 0.3) is 0 Å². The van der Waals surface area contributed by atoms with Crippen LogP contribution in [0.2, 0.25) is 0 Å². The van der Waals surface area contributed by atoms with E-state index in [1.165, 1.54) is 0 Å². The molecule has 114 valence electrons. The van der Waals surface area contributed by atoms with E-state index in [9.17, 15) is 14.7 Å². The van der Waals surface area contributed by atoms with Crippen LogP contribution in [0.3, 0.4) is 0 Å². The van der Waals surface area contributed by atoms with Gasteiger partial charge in [-0.2, -0.15) is 0 Å². The Morgan fingerprint density at radius 2 is 2.05 bits per heavy atom. The van der Waals surface area contributed by atoms with E-state index in [1.54, 1.807) is 24.3 Å². The number of benzene rings is 1. The summed E-state index contributed by atoms with van der Waals surface area (Å²) in [6, 6.07) is 8.12. The van der Waals surface area contributed by atoms with Crippen LogP contribution < -0.4 is 10.6 Å². The molecule has 7 heteroatoms. The molecule has 2 aliphatic rings. The van der Waals surface area contributed by atoms with Crippen LogP contribution in [0.5, 0.6) is 0 Å². The summed E-state index contributed by atoms with van der Waals surface area (Å²) in [4.78, 5) is 23.9. The molecule has 0 aromatic heterocycles. The molecule has 1 aliphatic carbocycles.